The van der Waals surface area contributed by atoms with Crippen LogP contribution in [0.5, 0.6) is 11.5 Å². The van der Waals surface area contributed by atoms with Crippen molar-refractivity contribution in [2.75, 3.05) is 32.8 Å². The van der Waals surface area contributed by atoms with E-state index in [1.54, 1.807) is 47.7 Å². The second kappa shape index (κ2) is 11.1. The minimum atomic E-state index is -0.464. The number of piperidine rings is 1. The fourth-order valence-electron chi connectivity index (χ4n) is 4.90. The van der Waals surface area contributed by atoms with E-state index in [1.807, 2.05) is 16.8 Å². The smallest absolute Gasteiger partial charge is 0.407 e. The van der Waals surface area contributed by atoms with Gasteiger partial charge in [0.25, 0.3) is 5.56 Å². The van der Waals surface area contributed by atoms with E-state index in [-0.39, 0.29) is 18.2 Å². The molecule has 39 heavy (non-hydrogen) atoms. The predicted octanol–water partition coefficient (Wildman–Crippen LogP) is 2.14. The number of carbonyl (C=O) groups is 1. The predicted molar refractivity (Wildman–Crippen MR) is 141 cm³/mol. The van der Waals surface area contributed by atoms with Crippen LogP contribution in [-0.2, 0) is 17.9 Å². The Morgan fingerprint density at radius 3 is 2.72 bits per heavy atom. The Morgan fingerprint density at radius 1 is 1.05 bits per heavy atom. The largest absolute Gasteiger partial charge is 0.486 e. The molecule has 0 spiro atoms. The quantitative estimate of drug-likeness (QED) is 0.382. The second-order valence-electron chi connectivity index (χ2n) is 9.55. The van der Waals surface area contributed by atoms with E-state index < -0.39 is 6.09 Å². The standard InChI is InChI=1S/C27H29N7O5/c35-26-2-1-22-23(14-21(15-30-22)33-8-5-28-18-33)34(26)10-9-32-6-3-19(4-7-32)31-27(36)39-17-20-13-24-25(16-29-20)38-12-11-37-24/h1-2,5,8,13-16,18-19H,3-4,6-7,9-12,17H2,(H,31,36). The third-order valence-electron chi connectivity index (χ3n) is 7.01. The molecule has 0 aliphatic carbocycles. The van der Waals surface area contributed by atoms with Crippen LogP contribution in [0.3, 0.4) is 0 Å². The molecule has 12 nitrogen and oxygen atoms in total. The number of imidazole rings is 1. The van der Waals surface area contributed by atoms with Gasteiger partial charge in [0, 0.05) is 56.7 Å². The third-order valence-corrected chi connectivity index (χ3v) is 7.01. The van der Waals surface area contributed by atoms with Gasteiger partial charge in [-0.05, 0) is 25.0 Å². The normalized spacial score (nSPS) is 15.8. The van der Waals surface area contributed by atoms with Gasteiger partial charge in [0.1, 0.15) is 19.8 Å². The maximum absolute atomic E-state index is 12.7. The monoisotopic (exact) mass is 531 g/mol. The Bertz CT molecular complexity index is 1510. The van der Waals surface area contributed by atoms with Gasteiger partial charge in [0.05, 0.1) is 41.1 Å². The van der Waals surface area contributed by atoms with E-state index in [1.165, 1.54) is 0 Å². The van der Waals surface area contributed by atoms with E-state index in [0.29, 0.717) is 37.0 Å². The highest BCUT2D eigenvalue weighted by Gasteiger charge is 2.22. The Morgan fingerprint density at radius 2 is 1.90 bits per heavy atom. The van der Waals surface area contributed by atoms with E-state index in [0.717, 1.165) is 49.2 Å². The fourth-order valence-corrected chi connectivity index (χ4v) is 4.90. The molecule has 12 heteroatoms. The highest BCUT2D eigenvalue weighted by Crippen LogP contribution is 2.29. The van der Waals surface area contributed by atoms with Crippen LogP contribution < -0.4 is 20.3 Å². The number of hydrogen-bond donors (Lipinski definition) is 1. The van der Waals surface area contributed by atoms with Crippen molar-refractivity contribution < 1.29 is 19.0 Å². The van der Waals surface area contributed by atoms with Crippen molar-refractivity contribution in [3.05, 3.63) is 71.4 Å². The Hall–Kier alpha value is -4.45. The van der Waals surface area contributed by atoms with E-state index >= 15 is 0 Å². The number of alkyl carbamates (subject to hydrolysis) is 1. The number of likely N-dealkylation sites (tertiary alicyclic amines) is 1. The van der Waals surface area contributed by atoms with Gasteiger partial charge >= 0.3 is 6.09 Å². The SMILES string of the molecule is O=C(NC1CCN(CCn2c(=O)ccc3ncc(-n4ccnc4)cc32)CC1)OCc1cc2c(cn1)OCCO2. The second-order valence-corrected chi connectivity index (χ2v) is 9.55. The summed E-state index contributed by atoms with van der Waals surface area (Å²) in [6, 6.07) is 7.05. The maximum Gasteiger partial charge on any atom is 0.407 e. The lowest BCUT2D eigenvalue weighted by atomic mass is 10.1. The molecule has 0 aromatic carbocycles. The summed E-state index contributed by atoms with van der Waals surface area (Å²) in [4.78, 5) is 40.3. The average molecular weight is 532 g/mol. The molecular formula is C27H29N7O5. The summed E-state index contributed by atoms with van der Waals surface area (Å²) in [7, 11) is 0. The third kappa shape index (κ3) is 5.70. The van der Waals surface area contributed by atoms with Gasteiger partial charge in [-0.1, -0.05) is 0 Å². The average Bonchev–Trinajstić information content (AvgIpc) is 3.51. The van der Waals surface area contributed by atoms with Gasteiger partial charge in [-0.3, -0.25) is 14.8 Å². The Labute approximate surface area is 224 Å². The van der Waals surface area contributed by atoms with E-state index in [9.17, 15) is 9.59 Å². The molecule has 1 amide bonds. The van der Waals surface area contributed by atoms with Gasteiger partial charge in [0.2, 0.25) is 0 Å². The summed E-state index contributed by atoms with van der Waals surface area (Å²) in [5, 5.41) is 2.96. The van der Waals surface area contributed by atoms with Crippen LogP contribution >= 0.6 is 0 Å². The van der Waals surface area contributed by atoms with Crippen molar-refractivity contribution in [3.63, 3.8) is 0 Å². The summed E-state index contributed by atoms with van der Waals surface area (Å²) >= 11 is 0. The van der Waals surface area contributed by atoms with Crippen LogP contribution in [0.1, 0.15) is 18.5 Å². The van der Waals surface area contributed by atoms with Gasteiger partial charge in [-0.25, -0.2) is 9.78 Å². The lowest BCUT2D eigenvalue weighted by Gasteiger charge is -2.32. The van der Waals surface area contributed by atoms with Crippen molar-refractivity contribution >= 4 is 17.1 Å². The molecule has 6 rings (SSSR count). The molecule has 6 heterocycles. The van der Waals surface area contributed by atoms with Crippen LogP contribution in [0.25, 0.3) is 16.7 Å². The lowest BCUT2D eigenvalue weighted by molar-refractivity contribution is 0.124. The molecule has 0 radical (unpaired) electrons. The summed E-state index contributed by atoms with van der Waals surface area (Å²) in [6.07, 6.45) is 9.75. The van der Waals surface area contributed by atoms with Crippen molar-refractivity contribution in [1.82, 2.24) is 34.3 Å². The number of rotatable bonds is 7. The summed E-state index contributed by atoms with van der Waals surface area (Å²) in [5.41, 5.74) is 2.95. The van der Waals surface area contributed by atoms with Gasteiger partial charge in [0.15, 0.2) is 11.5 Å². The number of amides is 1. The number of carbonyl (C=O) groups excluding carboxylic acids is 1. The molecule has 1 N–H and O–H groups in total. The van der Waals surface area contributed by atoms with Crippen LogP contribution in [0, 0.1) is 0 Å². The molecule has 1 fully saturated rings. The number of nitrogens with zero attached hydrogens (tertiary/aromatic N) is 6. The zero-order valence-electron chi connectivity index (χ0n) is 21.4. The molecular weight excluding hydrogens is 502 g/mol. The maximum atomic E-state index is 12.7. The minimum Gasteiger partial charge on any atom is -0.486 e. The van der Waals surface area contributed by atoms with Gasteiger partial charge < -0.3 is 33.6 Å². The van der Waals surface area contributed by atoms with Crippen LogP contribution in [0.2, 0.25) is 0 Å². The first-order chi connectivity index (χ1) is 19.1. The first kappa shape index (κ1) is 24.9. The fraction of sp³-hybridized carbons (Fsp3) is 0.370. The molecule has 0 atom stereocenters. The number of pyridine rings is 3. The van der Waals surface area contributed by atoms with Gasteiger partial charge in [-0.2, -0.15) is 0 Å². The Balaban J connectivity index is 0.996. The molecule has 0 saturated carbocycles. The highest BCUT2D eigenvalue weighted by atomic mass is 16.6. The number of aromatic nitrogens is 5. The lowest BCUT2D eigenvalue weighted by Crippen LogP contribution is -2.45. The first-order valence-corrected chi connectivity index (χ1v) is 13.0. The van der Waals surface area contributed by atoms with E-state index in [2.05, 4.69) is 25.2 Å². The Kier molecular flexibility index (Phi) is 7.09. The topological polar surface area (TPSA) is 126 Å². The highest BCUT2D eigenvalue weighted by molar-refractivity contribution is 5.76. The molecule has 4 aromatic heterocycles. The van der Waals surface area contributed by atoms with Crippen molar-refractivity contribution in [2.45, 2.75) is 32.0 Å². The summed E-state index contributed by atoms with van der Waals surface area (Å²) in [5.74, 6) is 1.21. The number of hydrogen-bond acceptors (Lipinski definition) is 9. The van der Waals surface area contributed by atoms with E-state index in [4.69, 9.17) is 14.2 Å². The van der Waals surface area contributed by atoms with Crippen molar-refractivity contribution in [1.29, 1.82) is 0 Å². The van der Waals surface area contributed by atoms with Crippen molar-refractivity contribution in [2.24, 2.45) is 0 Å². The van der Waals surface area contributed by atoms with Crippen LogP contribution in [-0.4, -0.2) is 74.0 Å². The molecule has 0 bridgehead atoms. The molecule has 0 unspecified atom stereocenters. The van der Waals surface area contributed by atoms with Crippen molar-refractivity contribution in [3.8, 4) is 17.2 Å². The minimum absolute atomic E-state index is 0.0317. The van der Waals surface area contributed by atoms with Gasteiger partial charge in [-0.15, -0.1) is 0 Å². The molecule has 1 saturated heterocycles. The number of ether oxygens (including phenoxy) is 3. The molecule has 4 aromatic rings. The number of nitrogens with one attached hydrogen (secondary N) is 1. The first-order valence-electron chi connectivity index (χ1n) is 13.0. The summed E-state index contributed by atoms with van der Waals surface area (Å²) in [6.45, 7) is 3.94. The molecule has 2 aliphatic heterocycles. The summed E-state index contributed by atoms with van der Waals surface area (Å²) < 4.78 is 20.0. The molecule has 2 aliphatic rings. The van der Waals surface area contributed by atoms with Crippen LogP contribution in [0.15, 0.2) is 60.2 Å². The van der Waals surface area contributed by atoms with Crippen LogP contribution in [0.4, 0.5) is 4.79 Å². The molecule has 202 valence electrons. The zero-order chi connectivity index (χ0) is 26.6. The number of fused-ring (bicyclic) bond motifs is 2. The zero-order valence-corrected chi connectivity index (χ0v) is 21.4.